The Morgan fingerprint density at radius 2 is 1.53 bits per heavy atom. The van der Waals surface area contributed by atoms with Crippen LogP contribution in [0, 0.1) is 11.3 Å². The van der Waals surface area contributed by atoms with Crippen LogP contribution in [0.25, 0.3) is 0 Å². The molecule has 2 aromatic rings. The minimum atomic E-state index is -2.37. The van der Waals surface area contributed by atoms with Crippen molar-refractivity contribution >= 4 is 29.2 Å². The van der Waals surface area contributed by atoms with Crippen LogP contribution < -0.4 is 5.32 Å². The molecule has 160 valence electrons. The number of carbonyl (C=O) groups is 4. The molecular weight excluding hydrogens is 412 g/mol. The lowest BCUT2D eigenvalue weighted by molar-refractivity contribution is -0.162. The first-order valence-corrected chi connectivity index (χ1v) is 10.0. The first kappa shape index (κ1) is 21.0. The van der Waals surface area contributed by atoms with Gasteiger partial charge in [-0.15, -0.1) is 0 Å². The number of carbonyl (C=O) groups excluding carboxylic acids is 4. The van der Waals surface area contributed by atoms with Gasteiger partial charge in [-0.1, -0.05) is 36.4 Å². The Morgan fingerprint density at radius 1 is 0.938 bits per heavy atom. The lowest BCUT2D eigenvalue weighted by Gasteiger charge is -2.39. The second kappa shape index (κ2) is 7.78. The van der Waals surface area contributed by atoms with Gasteiger partial charge in [0.15, 0.2) is 5.78 Å². The van der Waals surface area contributed by atoms with Crippen LogP contribution in [0.15, 0.2) is 53.7 Å². The molecule has 0 saturated carbocycles. The molecule has 0 radical (unpaired) electrons. The van der Waals surface area contributed by atoms with Crippen molar-refractivity contribution in [1.82, 2.24) is 0 Å². The quantitative estimate of drug-likeness (QED) is 0.580. The van der Waals surface area contributed by atoms with Crippen molar-refractivity contribution < 1.29 is 28.7 Å². The van der Waals surface area contributed by atoms with E-state index in [1.807, 2.05) is 6.07 Å². The Kier molecular flexibility index (Phi) is 5.11. The second-order valence-electron chi connectivity index (χ2n) is 7.11. The number of ketones is 2. The molecule has 2 aliphatic rings. The van der Waals surface area contributed by atoms with Gasteiger partial charge in [0.05, 0.1) is 35.7 Å². The summed E-state index contributed by atoms with van der Waals surface area (Å²) in [4.78, 5) is 54.0. The van der Waals surface area contributed by atoms with Crippen LogP contribution in [0.2, 0.25) is 0 Å². The third kappa shape index (κ3) is 2.68. The molecule has 8 nitrogen and oxygen atoms in total. The van der Waals surface area contributed by atoms with Crippen LogP contribution in [0.3, 0.4) is 0 Å². The number of nitrogens with zero attached hydrogens (tertiary/aromatic N) is 1. The maximum absolute atomic E-state index is 13.7. The van der Waals surface area contributed by atoms with Crippen molar-refractivity contribution in [1.29, 1.82) is 5.26 Å². The zero-order chi connectivity index (χ0) is 23.0. The highest BCUT2D eigenvalue weighted by molar-refractivity contribution is 6.34. The Hall–Kier alpha value is -4.25. The van der Waals surface area contributed by atoms with Gasteiger partial charge in [-0.25, -0.2) is 0 Å². The van der Waals surface area contributed by atoms with Gasteiger partial charge in [-0.2, -0.15) is 5.26 Å². The molecule has 0 saturated heterocycles. The van der Waals surface area contributed by atoms with Gasteiger partial charge in [-0.05, 0) is 19.9 Å². The van der Waals surface area contributed by atoms with Crippen molar-refractivity contribution in [2.45, 2.75) is 19.3 Å². The molecule has 0 spiro atoms. The maximum Gasteiger partial charge on any atom is 0.333 e. The summed E-state index contributed by atoms with van der Waals surface area (Å²) in [7, 11) is 0. The summed E-state index contributed by atoms with van der Waals surface area (Å²) in [5, 5.41) is 12.5. The minimum absolute atomic E-state index is 0.0210. The molecule has 1 aliphatic carbocycles. The Labute approximate surface area is 183 Å². The summed E-state index contributed by atoms with van der Waals surface area (Å²) in [5.41, 5.74) is -2.59. The minimum Gasteiger partial charge on any atom is -0.465 e. The van der Waals surface area contributed by atoms with Crippen molar-refractivity contribution in [3.8, 4) is 6.07 Å². The third-order valence-corrected chi connectivity index (χ3v) is 5.50. The van der Waals surface area contributed by atoms with Crippen molar-refractivity contribution in [3.63, 3.8) is 0 Å². The molecule has 0 atom stereocenters. The Morgan fingerprint density at radius 3 is 2.09 bits per heavy atom. The van der Waals surface area contributed by atoms with E-state index in [0.717, 1.165) is 0 Å². The van der Waals surface area contributed by atoms with Gasteiger partial charge in [0.25, 0.3) is 0 Å². The van der Waals surface area contributed by atoms with E-state index in [0.29, 0.717) is 0 Å². The number of anilines is 1. The molecule has 0 amide bonds. The van der Waals surface area contributed by atoms with E-state index >= 15 is 0 Å². The molecule has 8 heteroatoms. The lowest BCUT2D eigenvalue weighted by atomic mass is 9.65. The van der Waals surface area contributed by atoms with Gasteiger partial charge in [0.2, 0.25) is 11.2 Å². The van der Waals surface area contributed by atoms with E-state index < -0.39 is 28.9 Å². The molecule has 1 N–H and O–H groups in total. The largest absolute Gasteiger partial charge is 0.465 e. The number of fused-ring (bicyclic) bond motifs is 2. The van der Waals surface area contributed by atoms with E-state index in [1.54, 1.807) is 26.0 Å². The number of hydrogen-bond donors (Lipinski definition) is 1. The van der Waals surface area contributed by atoms with Gasteiger partial charge < -0.3 is 14.8 Å². The number of para-hydroxylation sites is 1. The standard InChI is InChI=1S/C24H18N2O6/c1-3-31-22(29)24(23(30)32-4-2)16-11-7-8-13(12-25)18(16)26-19-17(24)20(27)14-9-5-6-10-15(14)21(19)28/h5-11,26H,3-4H2,1-2H3. The van der Waals surface area contributed by atoms with Crippen LogP contribution in [-0.2, 0) is 24.5 Å². The van der Waals surface area contributed by atoms with Crippen molar-refractivity contribution in [2.75, 3.05) is 18.5 Å². The van der Waals surface area contributed by atoms with Gasteiger partial charge in [-0.3, -0.25) is 19.2 Å². The number of nitrogens with one attached hydrogen (secondary N) is 1. The predicted molar refractivity (Wildman–Crippen MR) is 112 cm³/mol. The zero-order valence-electron chi connectivity index (χ0n) is 17.4. The highest BCUT2D eigenvalue weighted by Crippen LogP contribution is 2.49. The Bertz CT molecular complexity index is 1250. The van der Waals surface area contributed by atoms with E-state index in [9.17, 15) is 24.4 Å². The smallest absolute Gasteiger partial charge is 0.333 e. The molecule has 0 fully saturated rings. The fourth-order valence-electron chi connectivity index (χ4n) is 4.19. The number of nitriles is 1. The Balaban J connectivity index is 2.15. The van der Waals surface area contributed by atoms with Gasteiger partial charge >= 0.3 is 11.9 Å². The molecule has 1 aliphatic heterocycles. The molecular formula is C24H18N2O6. The number of benzene rings is 2. The predicted octanol–water partition coefficient (Wildman–Crippen LogP) is 2.68. The normalized spacial score (nSPS) is 15.5. The first-order chi connectivity index (χ1) is 15.4. The van der Waals surface area contributed by atoms with E-state index in [2.05, 4.69) is 5.32 Å². The summed E-state index contributed by atoms with van der Waals surface area (Å²) < 4.78 is 10.5. The maximum atomic E-state index is 13.7. The molecule has 0 unspecified atom stereocenters. The molecule has 4 rings (SSSR count). The molecule has 0 bridgehead atoms. The van der Waals surface area contributed by atoms with E-state index in [-0.39, 0.29) is 52.4 Å². The zero-order valence-corrected chi connectivity index (χ0v) is 17.4. The summed E-state index contributed by atoms with van der Waals surface area (Å²) >= 11 is 0. The lowest BCUT2D eigenvalue weighted by Crippen LogP contribution is -2.54. The summed E-state index contributed by atoms with van der Waals surface area (Å²) in [6, 6.07) is 12.5. The number of Topliss-reactive ketones (excluding diaryl/α,β-unsaturated/α-hetero) is 2. The average Bonchev–Trinajstić information content (AvgIpc) is 2.81. The monoisotopic (exact) mass is 430 g/mol. The number of esters is 2. The second-order valence-corrected chi connectivity index (χ2v) is 7.11. The summed E-state index contributed by atoms with van der Waals surface area (Å²) in [6.07, 6.45) is 0. The van der Waals surface area contributed by atoms with Crippen LogP contribution in [-0.4, -0.2) is 36.7 Å². The van der Waals surface area contributed by atoms with Crippen LogP contribution in [0.1, 0.15) is 45.7 Å². The topological polar surface area (TPSA) is 123 Å². The first-order valence-electron chi connectivity index (χ1n) is 10.0. The fourth-order valence-corrected chi connectivity index (χ4v) is 4.19. The molecule has 1 heterocycles. The highest BCUT2D eigenvalue weighted by atomic mass is 16.6. The van der Waals surface area contributed by atoms with Crippen LogP contribution >= 0.6 is 0 Å². The van der Waals surface area contributed by atoms with Gasteiger partial charge in [0, 0.05) is 16.7 Å². The number of hydrogen-bond acceptors (Lipinski definition) is 8. The fraction of sp³-hybridized carbons (Fsp3) is 0.208. The highest BCUT2D eigenvalue weighted by Gasteiger charge is 2.62. The summed E-state index contributed by atoms with van der Waals surface area (Å²) in [5.74, 6) is -3.35. The number of allylic oxidation sites excluding steroid dienone is 1. The molecule has 0 aromatic heterocycles. The average molecular weight is 430 g/mol. The van der Waals surface area contributed by atoms with E-state index in [1.165, 1.54) is 30.3 Å². The van der Waals surface area contributed by atoms with Crippen molar-refractivity contribution in [3.05, 3.63) is 76.0 Å². The van der Waals surface area contributed by atoms with E-state index in [4.69, 9.17) is 9.47 Å². The summed E-state index contributed by atoms with van der Waals surface area (Å²) in [6.45, 7) is 2.95. The molecule has 2 aromatic carbocycles. The van der Waals surface area contributed by atoms with Crippen molar-refractivity contribution in [2.24, 2.45) is 0 Å². The third-order valence-electron chi connectivity index (χ3n) is 5.50. The SMILES string of the molecule is CCOC(=O)C1(C(=O)OCC)C2=C(Nc3c(C#N)cccc31)C(=O)c1ccccc1C2=O. The van der Waals surface area contributed by atoms with Crippen LogP contribution in [0.4, 0.5) is 5.69 Å². The molecule has 32 heavy (non-hydrogen) atoms. The van der Waals surface area contributed by atoms with Crippen LogP contribution in [0.5, 0.6) is 0 Å². The van der Waals surface area contributed by atoms with Gasteiger partial charge in [0.1, 0.15) is 6.07 Å². The number of rotatable bonds is 4. The number of ether oxygens (including phenoxy) is 2.